The van der Waals surface area contributed by atoms with E-state index in [-0.39, 0.29) is 59.8 Å². The van der Waals surface area contributed by atoms with Crippen molar-refractivity contribution in [1.29, 1.82) is 0 Å². The number of imide groups is 1. The van der Waals surface area contributed by atoms with E-state index in [1.165, 1.54) is 26.0 Å². The monoisotopic (exact) mass is 835 g/mol. The van der Waals surface area contributed by atoms with Gasteiger partial charge in [-0.3, -0.25) is 33.5 Å². The minimum absolute atomic E-state index is 0.0163. The normalized spacial score (nSPS) is 25.7. The molecule has 16 nitrogen and oxygen atoms in total. The summed E-state index contributed by atoms with van der Waals surface area (Å²) in [6.07, 6.45) is 8.77. The number of carbonyl (C=O) groups is 3. The number of nitrogens with zero attached hydrogens (tertiary/aromatic N) is 9. The standard InChI is InChI=1S/C43H47F2N11O5/c1-51-38-27(5-2-6-33(38)56(43(51)60)34-13-14-36(57)49-42(34)59)10-7-25-4-3-16-52(20-25)21-26-8-11-28(12-9-26)55-23-32(37(50-55)39(44)45)47-41(58)31-19-46-54-17-15-35(48-40(31)54)53-22-30-18-29(53)24-61-30/h2,5-6,15,17,19,23,25-26,28-30,34,39H,3-4,8-9,11-14,16,18,20-22,24H2,1H3,(H,47,58)(H,49,57,59)/t25?,26?,28?,29-,30-,34?/m1/s1. The minimum Gasteiger partial charge on any atom is -0.374 e. The van der Waals surface area contributed by atoms with E-state index in [2.05, 4.69) is 42.5 Å². The van der Waals surface area contributed by atoms with E-state index in [1.807, 2.05) is 24.3 Å². The van der Waals surface area contributed by atoms with Gasteiger partial charge in [-0.1, -0.05) is 17.9 Å². The van der Waals surface area contributed by atoms with Crippen molar-refractivity contribution in [2.24, 2.45) is 18.9 Å². The summed E-state index contributed by atoms with van der Waals surface area (Å²) in [5, 5.41) is 13.6. The van der Waals surface area contributed by atoms with E-state index in [9.17, 15) is 28.0 Å². The lowest BCUT2D eigenvalue weighted by atomic mass is 9.85. The maximum absolute atomic E-state index is 14.3. The van der Waals surface area contributed by atoms with Gasteiger partial charge in [0.05, 0.1) is 53.3 Å². The molecule has 10 rings (SSSR count). The number of imidazole rings is 1. The van der Waals surface area contributed by atoms with Crippen molar-refractivity contribution in [3.05, 3.63) is 70.2 Å². The summed E-state index contributed by atoms with van der Waals surface area (Å²) in [4.78, 5) is 60.8. The highest BCUT2D eigenvalue weighted by Gasteiger charge is 2.40. The summed E-state index contributed by atoms with van der Waals surface area (Å²) in [5.41, 5.74) is 1.74. The zero-order valence-electron chi connectivity index (χ0n) is 33.8. The third-order valence-corrected chi connectivity index (χ3v) is 13.3. The summed E-state index contributed by atoms with van der Waals surface area (Å²) >= 11 is 0. The lowest BCUT2D eigenvalue weighted by Gasteiger charge is -2.36. The average molecular weight is 836 g/mol. The summed E-state index contributed by atoms with van der Waals surface area (Å²) < 4.78 is 40.5. The molecule has 3 amide bonds. The number of hydrogen-bond donors (Lipinski definition) is 2. The number of ether oxygens (including phenoxy) is 1. The Hall–Kier alpha value is -5.93. The van der Waals surface area contributed by atoms with Crippen LogP contribution < -0.4 is 21.2 Å². The molecule has 2 N–H and O–H groups in total. The second kappa shape index (κ2) is 15.8. The molecule has 0 radical (unpaired) electrons. The van der Waals surface area contributed by atoms with Gasteiger partial charge in [0.15, 0.2) is 11.3 Å². The van der Waals surface area contributed by atoms with E-state index in [0.29, 0.717) is 29.2 Å². The van der Waals surface area contributed by atoms with Crippen LogP contribution in [0.4, 0.5) is 20.3 Å². The topological polar surface area (TPSA) is 166 Å². The molecule has 4 saturated heterocycles. The van der Waals surface area contributed by atoms with Crippen molar-refractivity contribution >= 4 is 45.9 Å². The minimum atomic E-state index is -2.87. The van der Waals surface area contributed by atoms with Gasteiger partial charge in [0.1, 0.15) is 17.4 Å². The Morgan fingerprint density at radius 2 is 1.92 bits per heavy atom. The Kier molecular flexibility index (Phi) is 10.2. The number of hydrogen-bond acceptors (Lipinski definition) is 10. The van der Waals surface area contributed by atoms with Gasteiger partial charge in [-0.05, 0) is 82.0 Å². The highest BCUT2D eigenvalue weighted by Crippen LogP contribution is 2.37. The van der Waals surface area contributed by atoms with Crippen LogP contribution in [0, 0.1) is 23.7 Å². The first-order valence-electron chi connectivity index (χ1n) is 21.3. The molecule has 1 aliphatic carbocycles. The van der Waals surface area contributed by atoms with E-state index in [4.69, 9.17) is 9.72 Å². The molecule has 1 aromatic carbocycles. The SMILES string of the molecule is Cn1c(=O)n(C2CCC(=O)NC2=O)c2cccc(C#CC3CCCN(CC4CCC(n5cc(NC(=O)c6cnn7ccc(N8C[C@H]9C[C@@H]8CO9)nc67)c(C(F)F)n5)CC4)C3)c21. The Bertz CT molecular complexity index is 2670. The number of aromatic nitrogens is 7. The van der Waals surface area contributed by atoms with Crippen molar-refractivity contribution in [3.63, 3.8) is 0 Å². The van der Waals surface area contributed by atoms with Gasteiger partial charge in [0.2, 0.25) is 11.8 Å². The summed E-state index contributed by atoms with van der Waals surface area (Å²) in [6, 6.07) is 6.83. The maximum atomic E-state index is 14.3. The average Bonchev–Trinajstić information content (AvgIpc) is 4.11. The molecule has 318 valence electrons. The zero-order chi connectivity index (χ0) is 41.9. The van der Waals surface area contributed by atoms with E-state index in [1.54, 1.807) is 17.9 Å². The zero-order valence-corrected chi connectivity index (χ0v) is 33.8. The van der Waals surface area contributed by atoms with Crippen LogP contribution in [0.3, 0.4) is 0 Å². The number of para-hydroxylation sites is 1. The first-order chi connectivity index (χ1) is 29.6. The Balaban J connectivity index is 0.768. The Morgan fingerprint density at radius 1 is 1.07 bits per heavy atom. The number of carbonyl (C=O) groups excluding carboxylic acids is 3. The molecule has 5 fully saturated rings. The largest absolute Gasteiger partial charge is 0.374 e. The number of likely N-dealkylation sites (tertiary alicyclic amines) is 1. The van der Waals surface area contributed by atoms with Gasteiger partial charge in [-0.25, -0.2) is 23.1 Å². The van der Waals surface area contributed by atoms with E-state index in [0.717, 1.165) is 82.5 Å². The van der Waals surface area contributed by atoms with Crippen LogP contribution in [0.15, 0.2) is 47.7 Å². The number of anilines is 2. The quantitative estimate of drug-likeness (QED) is 0.171. The fraction of sp³-hybridized carbons (Fsp3) is 0.512. The number of fused-ring (bicyclic) bond motifs is 4. The number of alkyl halides is 2. The van der Waals surface area contributed by atoms with Crippen LogP contribution in [-0.4, -0.2) is 101 Å². The molecule has 1 saturated carbocycles. The van der Waals surface area contributed by atoms with Crippen LogP contribution in [-0.2, 0) is 21.4 Å². The highest BCUT2D eigenvalue weighted by molar-refractivity contribution is 6.08. The number of halogens is 2. The van der Waals surface area contributed by atoms with Crippen LogP contribution in [0.25, 0.3) is 16.7 Å². The number of amides is 3. The summed E-state index contributed by atoms with van der Waals surface area (Å²) in [6.45, 7) is 4.11. The van der Waals surface area contributed by atoms with Crippen molar-refractivity contribution in [2.75, 3.05) is 43.0 Å². The number of morpholine rings is 1. The van der Waals surface area contributed by atoms with Gasteiger partial charge in [0.25, 0.3) is 12.3 Å². The number of rotatable bonds is 8. The lowest BCUT2D eigenvalue weighted by Crippen LogP contribution is -2.44. The molecule has 5 aromatic rings. The first-order valence-corrected chi connectivity index (χ1v) is 21.3. The highest BCUT2D eigenvalue weighted by atomic mass is 19.3. The fourth-order valence-electron chi connectivity index (χ4n) is 10.1. The summed E-state index contributed by atoms with van der Waals surface area (Å²) in [7, 11) is 1.68. The molecule has 2 bridgehead atoms. The van der Waals surface area contributed by atoms with Crippen LogP contribution in [0.2, 0.25) is 0 Å². The van der Waals surface area contributed by atoms with E-state index >= 15 is 0 Å². The van der Waals surface area contributed by atoms with Crippen molar-refractivity contribution in [1.82, 2.24) is 43.7 Å². The molecule has 4 aromatic heterocycles. The second-order valence-electron chi connectivity index (χ2n) is 17.2. The first kappa shape index (κ1) is 39.2. The van der Waals surface area contributed by atoms with Gasteiger partial charge in [-0.15, -0.1) is 0 Å². The molecule has 4 atom stereocenters. The smallest absolute Gasteiger partial charge is 0.329 e. The molecule has 4 aliphatic heterocycles. The lowest BCUT2D eigenvalue weighted by molar-refractivity contribution is -0.135. The third kappa shape index (κ3) is 7.37. The molecule has 61 heavy (non-hydrogen) atoms. The third-order valence-electron chi connectivity index (χ3n) is 13.3. The molecular formula is C43H47F2N11O5. The molecule has 18 heteroatoms. The van der Waals surface area contributed by atoms with Crippen molar-refractivity contribution in [3.8, 4) is 11.8 Å². The second-order valence-corrected chi connectivity index (χ2v) is 17.2. The molecule has 2 unspecified atom stereocenters. The number of benzene rings is 1. The number of piperidine rings is 2. The molecular weight excluding hydrogens is 789 g/mol. The predicted molar refractivity (Wildman–Crippen MR) is 219 cm³/mol. The van der Waals surface area contributed by atoms with Crippen LogP contribution in [0.1, 0.15) is 97.9 Å². The van der Waals surface area contributed by atoms with Gasteiger partial charge in [0, 0.05) is 51.4 Å². The maximum Gasteiger partial charge on any atom is 0.329 e. The predicted octanol–water partition coefficient (Wildman–Crippen LogP) is 4.22. The number of aryl methyl sites for hydroxylation is 1. The molecule has 5 aliphatic rings. The molecule has 0 spiro atoms. The van der Waals surface area contributed by atoms with Gasteiger partial charge < -0.3 is 19.9 Å². The van der Waals surface area contributed by atoms with Crippen LogP contribution in [0.5, 0.6) is 0 Å². The number of nitrogens with one attached hydrogen (secondary N) is 2. The molecule has 8 heterocycles. The van der Waals surface area contributed by atoms with Crippen LogP contribution >= 0.6 is 0 Å². The summed E-state index contributed by atoms with van der Waals surface area (Å²) in [5.74, 6) is 6.79. The van der Waals surface area contributed by atoms with E-state index < -0.39 is 30.0 Å². The van der Waals surface area contributed by atoms with Gasteiger partial charge >= 0.3 is 5.69 Å². The fourth-order valence-corrected chi connectivity index (χ4v) is 10.1. The van der Waals surface area contributed by atoms with Crippen molar-refractivity contribution < 1.29 is 27.9 Å². The Labute approximate surface area is 349 Å². The van der Waals surface area contributed by atoms with Gasteiger partial charge in [-0.2, -0.15) is 10.2 Å². The van der Waals surface area contributed by atoms with Crippen molar-refractivity contribution in [2.45, 2.75) is 88.4 Å². The Morgan fingerprint density at radius 3 is 2.69 bits per heavy atom.